The Morgan fingerprint density at radius 2 is 2.07 bits per heavy atom. The summed E-state index contributed by atoms with van der Waals surface area (Å²) in [6.45, 7) is 3.74. The van der Waals surface area contributed by atoms with Crippen molar-refractivity contribution in [2.75, 3.05) is 0 Å². The molecule has 0 spiro atoms. The molecule has 2 aromatic rings. The van der Waals surface area contributed by atoms with Crippen LogP contribution in [0.15, 0.2) is 35.1 Å². The second kappa shape index (κ2) is 3.69. The smallest absolute Gasteiger partial charge is 0.198 e. The van der Waals surface area contributed by atoms with Gasteiger partial charge in [-0.1, -0.05) is 0 Å². The number of aryl methyl sites for hydroxylation is 2. The average molecular weight is 201 g/mol. The van der Waals surface area contributed by atoms with Gasteiger partial charge in [0, 0.05) is 17.0 Å². The van der Waals surface area contributed by atoms with Crippen molar-refractivity contribution < 1.29 is 9.21 Å². The zero-order chi connectivity index (χ0) is 10.8. The molecule has 3 heteroatoms. The highest BCUT2D eigenvalue weighted by molar-refractivity contribution is 6.09. The Hall–Kier alpha value is -1.90. The quantitative estimate of drug-likeness (QED) is 0.701. The third kappa shape index (κ3) is 1.81. The van der Waals surface area contributed by atoms with Gasteiger partial charge < -0.3 is 4.42 Å². The molecule has 2 heterocycles. The Morgan fingerprint density at radius 3 is 2.67 bits per heavy atom. The number of hydrogen-bond donors (Lipinski definition) is 0. The molecule has 0 unspecified atom stereocenters. The highest BCUT2D eigenvalue weighted by atomic mass is 16.3. The van der Waals surface area contributed by atoms with Crippen molar-refractivity contribution in [1.82, 2.24) is 4.98 Å². The lowest BCUT2D eigenvalue weighted by Crippen LogP contribution is -2.04. The van der Waals surface area contributed by atoms with Crippen LogP contribution in [0.3, 0.4) is 0 Å². The van der Waals surface area contributed by atoms with Crippen molar-refractivity contribution in [3.63, 3.8) is 0 Å². The number of ketones is 1. The fourth-order valence-electron chi connectivity index (χ4n) is 1.48. The maximum Gasteiger partial charge on any atom is 0.198 e. The van der Waals surface area contributed by atoms with E-state index in [4.69, 9.17) is 4.42 Å². The van der Waals surface area contributed by atoms with Gasteiger partial charge in [-0.25, -0.2) is 0 Å². The largest absolute Gasteiger partial charge is 0.472 e. The van der Waals surface area contributed by atoms with Crippen LogP contribution < -0.4 is 0 Å². The standard InChI is InChI=1S/C12H11NO2/c1-8-3-4-11(9(2)13-8)12(14)10-5-6-15-7-10/h3-7H,1-2H3. The molecular weight excluding hydrogens is 190 g/mol. The van der Waals surface area contributed by atoms with E-state index < -0.39 is 0 Å². The Morgan fingerprint density at radius 1 is 1.27 bits per heavy atom. The Bertz CT molecular complexity index is 486. The van der Waals surface area contributed by atoms with Gasteiger partial charge in [0.25, 0.3) is 0 Å². The summed E-state index contributed by atoms with van der Waals surface area (Å²) >= 11 is 0. The van der Waals surface area contributed by atoms with E-state index in [1.807, 2.05) is 19.9 Å². The lowest BCUT2D eigenvalue weighted by Gasteiger charge is -2.02. The molecule has 0 fully saturated rings. The predicted octanol–water partition coefficient (Wildman–Crippen LogP) is 2.52. The van der Waals surface area contributed by atoms with Gasteiger partial charge in [0.05, 0.1) is 11.8 Å². The zero-order valence-electron chi connectivity index (χ0n) is 8.65. The van der Waals surface area contributed by atoms with Crippen molar-refractivity contribution in [2.24, 2.45) is 0 Å². The SMILES string of the molecule is Cc1ccc(C(=O)c2ccoc2)c(C)n1. The predicted molar refractivity (Wildman–Crippen MR) is 55.9 cm³/mol. The molecule has 2 aromatic heterocycles. The minimum absolute atomic E-state index is 0.0475. The summed E-state index contributed by atoms with van der Waals surface area (Å²) in [7, 11) is 0. The van der Waals surface area contributed by atoms with E-state index in [9.17, 15) is 4.79 Å². The van der Waals surface area contributed by atoms with Crippen molar-refractivity contribution >= 4 is 5.78 Å². The van der Waals surface area contributed by atoms with Crippen LogP contribution in [0.25, 0.3) is 0 Å². The lowest BCUT2D eigenvalue weighted by atomic mass is 10.0. The molecular formula is C12H11NO2. The molecule has 76 valence electrons. The third-order valence-electron chi connectivity index (χ3n) is 2.25. The molecule has 2 rings (SSSR count). The number of furan rings is 1. The van der Waals surface area contributed by atoms with Gasteiger partial charge in [0.1, 0.15) is 6.26 Å². The summed E-state index contributed by atoms with van der Waals surface area (Å²) in [4.78, 5) is 16.2. The first-order chi connectivity index (χ1) is 7.18. The van der Waals surface area contributed by atoms with Crippen molar-refractivity contribution in [1.29, 1.82) is 0 Å². The van der Waals surface area contributed by atoms with Crippen molar-refractivity contribution in [2.45, 2.75) is 13.8 Å². The summed E-state index contributed by atoms with van der Waals surface area (Å²) in [6, 6.07) is 5.29. The number of hydrogen-bond acceptors (Lipinski definition) is 3. The molecule has 0 saturated heterocycles. The summed E-state index contributed by atoms with van der Waals surface area (Å²) < 4.78 is 4.88. The van der Waals surface area contributed by atoms with E-state index in [2.05, 4.69) is 4.98 Å². The Kier molecular flexibility index (Phi) is 2.37. The average Bonchev–Trinajstić information content (AvgIpc) is 2.69. The maximum atomic E-state index is 11.9. The third-order valence-corrected chi connectivity index (χ3v) is 2.25. The fourth-order valence-corrected chi connectivity index (χ4v) is 1.48. The Balaban J connectivity index is 2.42. The summed E-state index contributed by atoms with van der Waals surface area (Å²) in [5.41, 5.74) is 2.85. The van der Waals surface area contributed by atoms with Crippen LogP contribution in [-0.2, 0) is 0 Å². The topological polar surface area (TPSA) is 43.1 Å². The number of carbonyl (C=O) groups excluding carboxylic acids is 1. The Labute approximate surface area is 87.8 Å². The van der Waals surface area contributed by atoms with Gasteiger partial charge in [0.2, 0.25) is 0 Å². The monoisotopic (exact) mass is 201 g/mol. The van der Waals surface area contributed by atoms with Crippen LogP contribution in [0.2, 0.25) is 0 Å². The van der Waals surface area contributed by atoms with E-state index in [1.165, 1.54) is 12.5 Å². The molecule has 0 saturated carbocycles. The minimum atomic E-state index is -0.0475. The van der Waals surface area contributed by atoms with Crippen LogP contribution >= 0.6 is 0 Å². The highest BCUT2D eigenvalue weighted by Gasteiger charge is 2.13. The lowest BCUT2D eigenvalue weighted by molar-refractivity contribution is 0.103. The second-order valence-corrected chi connectivity index (χ2v) is 3.43. The molecule has 3 nitrogen and oxygen atoms in total. The number of carbonyl (C=O) groups is 1. The highest BCUT2D eigenvalue weighted by Crippen LogP contribution is 2.13. The minimum Gasteiger partial charge on any atom is -0.472 e. The maximum absolute atomic E-state index is 11.9. The van der Waals surface area contributed by atoms with Gasteiger partial charge in [-0.2, -0.15) is 0 Å². The van der Waals surface area contributed by atoms with Gasteiger partial charge in [0.15, 0.2) is 5.78 Å². The number of pyridine rings is 1. The molecule has 0 aromatic carbocycles. The number of aromatic nitrogens is 1. The first kappa shape index (κ1) is 9.65. The molecule has 0 radical (unpaired) electrons. The van der Waals surface area contributed by atoms with Crippen LogP contribution in [0, 0.1) is 13.8 Å². The zero-order valence-corrected chi connectivity index (χ0v) is 8.65. The van der Waals surface area contributed by atoms with Gasteiger partial charge in [-0.05, 0) is 32.0 Å². The summed E-state index contributed by atoms with van der Waals surface area (Å²) in [6.07, 6.45) is 2.94. The normalized spacial score (nSPS) is 10.3. The van der Waals surface area contributed by atoms with Crippen LogP contribution in [0.5, 0.6) is 0 Å². The number of rotatable bonds is 2. The van der Waals surface area contributed by atoms with E-state index in [1.54, 1.807) is 12.1 Å². The molecule has 0 bridgehead atoms. The summed E-state index contributed by atoms with van der Waals surface area (Å²) in [5.74, 6) is -0.0475. The van der Waals surface area contributed by atoms with E-state index in [0.29, 0.717) is 11.1 Å². The van der Waals surface area contributed by atoms with E-state index >= 15 is 0 Å². The molecule has 0 aliphatic carbocycles. The first-order valence-corrected chi connectivity index (χ1v) is 4.69. The van der Waals surface area contributed by atoms with Crippen LogP contribution in [0.1, 0.15) is 27.3 Å². The molecule has 0 N–H and O–H groups in total. The van der Waals surface area contributed by atoms with E-state index in [-0.39, 0.29) is 5.78 Å². The molecule has 15 heavy (non-hydrogen) atoms. The van der Waals surface area contributed by atoms with Gasteiger partial charge >= 0.3 is 0 Å². The van der Waals surface area contributed by atoms with Crippen LogP contribution in [-0.4, -0.2) is 10.8 Å². The first-order valence-electron chi connectivity index (χ1n) is 4.69. The van der Waals surface area contributed by atoms with Gasteiger partial charge in [-0.3, -0.25) is 9.78 Å². The molecule has 0 aliphatic heterocycles. The molecule has 0 atom stereocenters. The second-order valence-electron chi connectivity index (χ2n) is 3.43. The van der Waals surface area contributed by atoms with Gasteiger partial charge in [-0.15, -0.1) is 0 Å². The van der Waals surface area contributed by atoms with Crippen molar-refractivity contribution in [3.8, 4) is 0 Å². The molecule has 0 amide bonds. The summed E-state index contributed by atoms with van der Waals surface area (Å²) in [5, 5.41) is 0. The number of nitrogens with zero attached hydrogens (tertiary/aromatic N) is 1. The van der Waals surface area contributed by atoms with Crippen LogP contribution in [0.4, 0.5) is 0 Å². The van der Waals surface area contributed by atoms with E-state index in [0.717, 1.165) is 11.4 Å². The molecule has 0 aliphatic rings. The fraction of sp³-hybridized carbons (Fsp3) is 0.167. The van der Waals surface area contributed by atoms with Crippen molar-refractivity contribution in [3.05, 3.63) is 53.2 Å².